The van der Waals surface area contributed by atoms with E-state index in [0.29, 0.717) is 0 Å². The minimum atomic E-state index is -4.23. The maximum atomic E-state index is 10.5. The molecule has 0 saturated carbocycles. The van der Waals surface area contributed by atoms with E-state index >= 15 is 0 Å². The number of amides is 1. The number of halogens is 3. The van der Waals surface area contributed by atoms with E-state index in [9.17, 15) is 13.2 Å². The number of rotatable bonds is 2. The standard InChI is InChI=1S/C2HCl3NO3S/c3-2(4,5)10(8,9)6-1-7/h(H,6,7). The summed E-state index contributed by atoms with van der Waals surface area (Å²) in [6.45, 7) is 0. The smallest absolute Gasteiger partial charge is 0.263 e. The highest BCUT2D eigenvalue weighted by Crippen LogP contribution is 2.31. The largest absolute Gasteiger partial charge is 0.323 e. The van der Waals surface area contributed by atoms with Crippen molar-refractivity contribution < 1.29 is 13.2 Å². The van der Waals surface area contributed by atoms with Crippen molar-refractivity contribution in [3.8, 4) is 0 Å². The molecule has 0 heterocycles. The second kappa shape index (κ2) is 3.13. The Morgan fingerprint density at radius 3 is 1.80 bits per heavy atom. The van der Waals surface area contributed by atoms with Crippen LogP contribution in [0.25, 0.3) is 0 Å². The van der Waals surface area contributed by atoms with Crippen LogP contribution in [-0.2, 0) is 14.8 Å². The molecule has 1 radical (unpaired) electrons. The molecule has 1 amide bonds. The van der Waals surface area contributed by atoms with Gasteiger partial charge in [-0.2, -0.15) is 0 Å². The fourth-order valence-electron chi connectivity index (χ4n) is 0.113. The van der Waals surface area contributed by atoms with E-state index in [4.69, 9.17) is 34.8 Å². The molecule has 0 aromatic rings. The number of hydrogen-bond donors (Lipinski definition) is 1. The van der Waals surface area contributed by atoms with E-state index in [0.717, 1.165) is 6.41 Å². The summed E-state index contributed by atoms with van der Waals surface area (Å²) in [7, 11) is -4.23. The Hall–Kier alpha value is 0.290. The highest BCUT2D eigenvalue weighted by Gasteiger charge is 2.37. The van der Waals surface area contributed by atoms with E-state index in [2.05, 4.69) is 0 Å². The Labute approximate surface area is 72.5 Å². The molecule has 0 aliphatic rings. The molecule has 0 saturated heterocycles. The van der Waals surface area contributed by atoms with Crippen LogP contribution in [0.5, 0.6) is 0 Å². The van der Waals surface area contributed by atoms with Gasteiger partial charge < -0.3 is 0 Å². The molecule has 0 spiro atoms. The molecule has 0 atom stereocenters. The SMILES string of the molecule is O=[C]NS(=O)(=O)C(Cl)(Cl)Cl. The quantitative estimate of drug-likeness (QED) is 0.543. The van der Waals surface area contributed by atoms with Crippen molar-refractivity contribution in [1.82, 2.24) is 4.72 Å². The van der Waals surface area contributed by atoms with Crippen LogP contribution in [-0.4, -0.2) is 18.0 Å². The first-order valence-electron chi connectivity index (χ1n) is 1.76. The number of hydrogen-bond acceptors (Lipinski definition) is 3. The van der Waals surface area contributed by atoms with Crippen LogP contribution in [0.15, 0.2) is 0 Å². The molecule has 10 heavy (non-hydrogen) atoms. The lowest BCUT2D eigenvalue weighted by molar-refractivity contribution is 0.547. The van der Waals surface area contributed by atoms with Crippen LogP contribution in [0.2, 0.25) is 0 Å². The summed E-state index contributed by atoms with van der Waals surface area (Å²) in [5.74, 6) is 0. The van der Waals surface area contributed by atoms with Crippen LogP contribution in [0.4, 0.5) is 0 Å². The Kier molecular flexibility index (Phi) is 3.22. The van der Waals surface area contributed by atoms with Crippen LogP contribution >= 0.6 is 34.8 Å². The van der Waals surface area contributed by atoms with Gasteiger partial charge in [-0.15, -0.1) is 0 Å². The third kappa shape index (κ3) is 2.49. The fourth-order valence-corrected chi connectivity index (χ4v) is 0.685. The molecule has 0 aromatic carbocycles. The fraction of sp³-hybridized carbons (Fsp3) is 0.500. The summed E-state index contributed by atoms with van der Waals surface area (Å²) in [6, 6.07) is 0. The highest BCUT2D eigenvalue weighted by atomic mass is 35.6. The van der Waals surface area contributed by atoms with E-state index in [1.807, 2.05) is 0 Å². The third-order valence-corrected chi connectivity index (χ3v) is 3.27. The molecule has 8 heteroatoms. The molecule has 0 bridgehead atoms. The average Bonchev–Trinajstić information content (AvgIpc) is 1.61. The predicted octanol–water partition coefficient (Wildman–Crippen LogP) is 0.301. The van der Waals surface area contributed by atoms with Gasteiger partial charge in [-0.05, 0) is 0 Å². The third-order valence-electron chi connectivity index (χ3n) is 0.481. The van der Waals surface area contributed by atoms with Crippen molar-refractivity contribution in [3.05, 3.63) is 0 Å². The molecule has 0 aliphatic carbocycles. The van der Waals surface area contributed by atoms with Crippen LogP contribution < -0.4 is 4.72 Å². The first kappa shape index (κ1) is 10.3. The molecule has 0 fully saturated rings. The first-order valence-corrected chi connectivity index (χ1v) is 4.38. The second-order valence-electron chi connectivity index (χ2n) is 1.15. The van der Waals surface area contributed by atoms with Crippen LogP contribution in [0.3, 0.4) is 0 Å². The summed E-state index contributed by atoms with van der Waals surface area (Å²) in [5, 5.41) is 0. The Morgan fingerprint density at radius 2 is 1.70 bits per heavy atom. The monoisotopic (exact) mass is 224 g/mol. The number of sulfonamides is 1. The maximum absolute atomic E-state index is 10.5. The van der Waals surface area contributed by atoms with Crippen molar-refractivity contribution >= 4 is 51.2 Å². The van der Waals surface area contributed by atoms with E-state index in [1.54, 1.807) is 0 Å². The molecule has 4 nitrogen and oxygen atoms in total. The van der Waals surface area contributed by atoms with E-state index < -0.39 is 13.1 Å². The number of nitrogens with one attached hydrogen (secondary N) is 1. The summed E-state index contributed by atoms with van der Waals surface area (Å²) in [6.07, 6.45) is 0.873. The zero-order valence-electron chi connectivity index (χ0n) is 4.27. The topological polar surface area (TPSA) is 63.2 Å². The van der Waals surface area contributed by atoms with Gasteiger partial charge in [0.05, 0.1) is 0 Å². The van der Waals surface area contributed by atoms with Gasteiger partial charge in [0.2, 0.25) is 0 Å². The van der Waals surface area contributed by atoms with Gasteiger partial charge in [0.25, 0.3) is 10.0 Å². The minimum Gasteiger partial charge on any atom is -0.263 e. The van der Waals surface area contributed by atoms with Gasteiger partial charge in [-0.3, -0.25) is 4.79 Å². The van der Waals surface area contributed by atoms with Crippen LogP contribution in [0.1, 0.15) is 0 Å². The average molecular weight is 225 g/mol. The summed E-state index contributed by atoms with van der Waals surface area (Å²) in [5.41, 5.74) is 0. The zero-order chi connectivity index (χ0) is 8.41. The van der Waals surface area contributed by atoms with Gasteiger partial charge in [0, 0.05) is 0 Å². The molecular weight excluding hydrogens is 224 g/mol. The Morgan fingerprint density at radius 1 is 1.30 bits per heavy atom. The number of alkyl halides is 3. The van der Waals surface area contributed by atoms with Gasteiger partial charge in [-0.1, -0.05) is 34.8 Å². The van der Waals surface area contributed by atoms with Gasteiger partial charge in [0.15, 0.2) is 0 Å². The first-order chi connectivity index (χ1) is 4.31. The van der Waals surface area contributed by atoms with Crippen molar-refractivity contribution in [2.24, 2.45) is 0 Å². The molecule has 0 aromatic heterocycles. The lowest BCUT2D eigenvalue weighted by Crippen LogP contribution is -2.33. The van der Waals surface area contributed by atoms with Gasteiger partial charge in [0.1, 0.15) is 0 Å². The van der Waals surface area contributed by atoms with Crippen LogP contribution in [0, 0.1) is 0 Å². The van der Waals surface area contributed by atoms with Gasteiger partial charge >= 0.3 is 9.53 Å². The molecule has 0 rings (SSSR count). The molecular formula is C2HCl3NO3S. The summed E-state index contributed by atoms with van der Waals surface area (Å²) >= 11 is 14.7. The predicted molar refractivity (Wildman–Crippen MR) is 38.0 cm³/mol. The van der Waals surface area contributed by atoms with Crippen molar-refractivity contribution in [2.75, 3.05) is 0 Å². The Balaban J connectivity index is 4.59. The molecule has 59 valence electrons. The van der Waals surface area contributed by atoms with Crippen molar-refractivity contribution in [3.63, 3.8) is 0 Å². The normalized spacial score (nSPS) is 12.7. The summed E-state index contributed by atoms with van der Waals surface area (Å²) in [4.78, 5) is 9.48. The summed E-state index contributed by atoms with van der Waals surface area (Å²) < 4.78 is 19.7. The van der Waals surface area contributed by atoms with Crippen molar-refractivity contribution in [2.45, 2.75) is 3.12 Å². The zero-order valence-corrected chi connectivity index (χ0v) is 7.35. The van der Waals surface area contributed by atoms with E-state index in [1.165, 1.54) is 4.72 Å². The van der Waals surface area contributed by atoms with Gasteiger partial charge in [-0.25, -0.2) is 13.1 Å². The highest BCUT2D eigenvalue weighted by molar-refractivity contribution is 7.95. The lowest BCUT2D eigenvalue weighted by atomic mass is 11.5. The molecule has 0 aliphatic heterocycles. The lowest BCUT2D eigenvalue weighted by Gasteiger charge is -2.08. The van der Waals surface area contributed by atoms with Crippen molar-refractivity contribution in [1.29, 1.82) is 0 Å². The second-order valence-corrected chi connectivity index (χ2v) is 5.93. The van der Waals surface area contributed by atoms with E-state index in [-0.39, 0.29) is 0 Å². The Bertz CT molecular complexity index is 216. The molecule has 1 N–H and O–H groups in total. The minimum absolute atomic E-state index is 0.873. The molecule has 0 unspecified atom stereocenters. The number of carbonyl (C=O) groups excluding carboxylic acids is 1. The maximum Gasteiger partial charge on any atom is 0.323 e.